The summed E-state index contributed by atoms with van der Waals surface area (Å²) in [5.41, 5.74) is 4.18. The van der Waals surface area contributed by atoms with Crippen LogP contribution in [0, 0.1) is 5.82 Å². The van der Waals surface area contributed by atoms with Crippen LogP contribution >= 0.6 is 0 Å². The molecule has 140 valence electrons. The van der Waals surface area contributed by atoms with Gasteiger partial charge in [-0.2, -0.15) is 5.10 Å². The van der Waals surface area contributed by atoms with Crippen molar-refractivity contribution in [1.82, 2.24) is 15.1 Å². The lowest BCUT2D eigenvalue weighted by Crippen LogP contribution is -2.34. The van der Waals surface area contributed by atoms with Gasteiger partial charge in [0.05, 0.1) is 13.3 Å². The number of rotatable bonds is 5. The monoisotopic (exact) mass is 365 g/mol. The fraction of sp³-hybridized carbons (Fsp3) is 0.318. The van der Waals surface area contributed by atoms with Crippen LogP contribution in [-0.2, 0) is 6.54 Å². The van der Waals surface area contributed by atoms with E-state index in [4.69, 9.17) is 4.74 Å². The molecular formula is C22H24FN3O. The standard InChI is InChI=1S/C22H24FN3O/c1-27-21-10-3-2-6-17(21)14-26-11-5-8-18(15-26)22-20(13-24-25-22)16-7-4-9-19(23)12-16/h2-4,6-7,9-10,12-13,18H,5,8,11,14-15H2,1H3,(H,24,25)/t18-/m1/s1. The Morgan fingerprint density at radius 3 is 2.96 bits per heavy atom. The Kier molecular flexibility index (Phi) is 5.21. The molecular weight excluding hydrogens is 341 g/mol. The first-order valence-corrected chi connectivity index (χ1v) is 9.38. The fourth-order valence-electron chi connectivity index (χ4n) is 4.00. The molecule has 5 heteroatoms. The molecule has 1 aliphatic rings. The topological polar surface area (TPSA) is 41.1 Å². The van der Waals surface area contributed by atoms with Crippen molar-refractivity contribution in [3.8, 4) is 16.9 Å². The number of nitrogens with one attached hydrogen (secondary N) is 1. The van der Waals surface area contributed by atoms with Crippen molar-refractivity contribution < 1.29 is 9.13 Å². The van der Waals surface area contributed by atoms with Crippen LogP contribution in [0.3, 0.4) is 0 Å². The first-order valence-electron chi connectivity index (χ1n) is 9.38. The van der Waals surface area contributed by atoms with Crippen LogP contribution in [0.2, 0.25) is 0 Å². The van der Waals surface area contributed by atoms with Gasteiger partial charge in [-0.15, -0.1) is 0 Å². The summed E-state index contributed by atoms with van der Waals surface area (Å²) >= 11 is 0. The molecule has 1 aromatic heterocycles. The average molecular weight is 365 g/mol. The highest BCUT2D eigenvalue weighted by molar-refractivity contribution is 5.65. The molecule has 0 bridgehead atoms. The largest absolute Gasteiger partial charge is 0.496 e. The second kappa shape index (κ2) is 7.92. The molecule has 1 aliphatic heterocycles. The number of likely N-dealkylation sites (tertiary alicyclic amines) is 1. The van der Waals surface area contributed by atoms with E-state index in [1.807, 2.05) is 24.4 Å². The molecule has 1 N–H and O–H groups in total. The number of para-hydroxylation sites is 1. The van der Waals surface area contributed by atoms with E-state index in [0.717, 1.165) is 55.0 Å². The minimum atomic E-state index is -0.221. The zero-order valence-corrected chi connectivity index (χ0v) is 15.5. The van der Waals surface area contributed by atoms with E-state index < -0.39 is 0 Å². The summed E-state index contributed by atoms with van der Waals surface area (Å²) in [6.45, 7) is 2.88. The molecule has 0 radical (unpaired) electrons. The second-order valence-electron chi connectivity index (χ2n) is 7.09. The van der Waals surface area contributed by atoms with Gasteiger partial charge in [0.1, 0.15) is 11.6 Å². The van der Waals surface area contributed by atoms with Crippen LogP contribution in [0.4, 0.5) is 4.39 Å². The third kappa shape index (κ3) is 3.88. The molecule has 1 fully saturated rings. The Morgan fingerprint density at radius 1 is 1.22 bits per heavy atom. The second-order valence-corrected chi connectivity index (χ2v) is 7.09. The van der Waals surface area contributed by atoms with Crippen molar-refractivity contribution >= 4 is 0 Å². The van der Waals surface area contributed by atoms with Crippen LogP contribution in [0.5, 0.6) is 5.75 Å². The van der Waals surface area contributed by atoms with E-state index in [2.05, 4.69) is 27.2 Å². The number of hydrogen-bond donors (Lipinski definition) is 1. The molecule has 0 aliphatic carbocycles. The minimum Gasteiger partial charge on any atom is -0.496 e. The van der Waals surface area contributed by atoms with Crippen LogP contribution < -0.4 is 4.74 Å². The Morgan fingerprint density at radius 2 is 2.11 bits per heavy atom. The van der Waals surface area contributed by atoms with Gasteiger partial charge in [-0.25, -0.2) is 4.39 Å². The number of nitrogens with zero attached hydrogens (tertiary/aromatic N) is 2. The molecule has 0 amide bonds. The van der Waals surface area contributed by atoms with Gasteiger partial charge in [-0.3, -0.25) is 10.00 Å². The van der Waals surface area contributed by atoms with Crippen LogP contribution in [0.15, 0.2) is 54.7 Å². The maximum Gasteiger partial charge on any atom is 0.123 e. The van der Waals surface area contributed by atoms with Crippen molar-refractivity contribution in [2.24, 2.45) is 0 Å². The van der Waals surface area contributed by atoms with Gasteiger partial charge in [0, 0.05) is 35.8 Å². The van der Waals surface area contributed by atoms with E-state index in [1.165, 1.54) is 11.6 Å². The summed E-state index contributed by atoms with van der Waals surface area (Å²) in [6, 6.07) is 14.9. The zero-order chi connectivity index (χ0) is 18.6. The van der Waals surface area contributed by atoms with Crippen molar-refractivity contribution in [3.05, 3.63) is 71.8 Å². The first kappa shape index (κ1) is 17.7. The predicted molar refractivity (Wildman–Crippen MR) is 104 cm³/mol. The number of methoxy groups -OCH3 is 1. The number of aromatic nitrogens is 2. The van der Waals surface area contributed by atoms with Crippen LogP contribution in [0.25, 0.3) is 11.1 Å². The van der Waals surface area contributed by atoms with Crippen molar-refractivity contribution in [1.29, 1.82) is 0 Å². The van der Waals surface area contributed by atoms with Gasteiger partial charge in [-0.05, 0) is 43.1 Å². The maximum absolute atomic E-state index is 13.7. The van der Waals surface area contributed by atoms with Gasteiger partial charge in [0.15, 0.2) is 0 Å². The van der Waals surface area contributed by atoms with Gasteiger partial charge in [0.2, 0.25) is 0 Å². The third-order valence-corrected chi connectivity index (χ3v) is 5.30. The molecule has 2 aromatic carbocycles. The molecule has 2 heterocycles. The first-order chi connectivity index (χ1) is 13.2. The maximum atomic E-state index is 13.7. The van der Waals surface area contributed by atoms with Gasteiger partial charge in [-0.1, -0.05) is 30.3 Å². The van der Waals surface area contributed by atoms with Gasteiger partial charge >= 0.3 is 0 Å². The summed E-state index contributed by atoms with van der Waals surface area (Å²) in [6.07, 6.45) is 4.04. The van der Waals surface area contributed by atoms with Crippen molar-refractivity contribution in [2.75, 3.05) is 20.2 Å². The Bertz CT molecular complexity index is 908. The lowest BCUT2D eigenvalue weighted by atomic mass is 9.90. The lowest BCUT2D eigenvalue weighted by Gasteiger charge is -2.33. The molecule has 1 saturated heterocycles. The van der Waals surface area contributed by atoms with E-state index >= 15 is 0 Å². The predicted octanol–water partition coefficient (Wildman–Crippen LogP) is 4.60. The molecule has 0 spiro atoms. The average Bonchev–Trinajstić information content (AvgIpc) is 3.19. The lowest BCUT2D eigenvalue weighted by molar-refractivity contribution is 0.196. The summed E-state index contributed by atoms with van der Waals surface area (Å²) in [5, 5.41) is 7.43. The fourth-order valence-corrected chi connectivity index (χ4v) is 4.00. The number of aromatic amines is 1. The normalized spacial score (nSPS) is 17.8. The van der Waals surface area contributed by atoms with E-state index in [9.17, 15) is 4.39 Å². The van der Waals surface area contributed by atoms with Crippen LogP contribution in [-0.4, -0.2) is 35.3 Å². The Balaban J connectivity index is 1.53. The summed E-state index contributed by atoms with van der Waals surface area (Å²) in [4.78, 5) is 2.46. The number of H-pyrrole nitrogens is 1. The zero-order valence-electron chi connectivity index (χ0n) is 15.5. The third-order valence-electron chi connectivity index (χ3n) is 5.30. The number of hydrogen-bond acceptors (Lipinski definition) is 3. The molecule has 3 aromatic rings. The number of ether oxygens (including phenoxy) is 1. The number of halogens is 1. The highest BCUT2D eigenvalue weighted by atomic mass is 19.1. The molecule has 4 nitrogen and oxygen atoms in total. The minimum absolute atomic E-state index is 0.221. The van der Waals surface area contributed by atoms with Gasteiger partial charge < -0.3 is 4.74 Å². The number of piperidine rings is 1. The van der Waals surface area contributed by atoms with Crippen molar-refractivity contribution in [3.63, 3.8) is 0 Å². The van der Waals surface area contributed by atoms with Crippen molar-refractivity contribution in [2.45, 2.75) is 25.3 Å². The van der Waals surface area contributed by atoms with E-state index in [1.54, 1.807) is 19.2 Å². The summed E-state index contributed by atoms with van der Waals surface area (Å²) in [5.74, 6) is 1.07. The quantitative estimate of drug-likeness (QED) is 0.718. The molecule has 0 unspecified atom stereocenters. The van der Waals surface area contributed by atoms with E-state index in [-0.39, 0.29) is 5.82 Å². The number of benzene rings is 2. The van der Waals surface area contributed by atoms with Crippen LogP contribution in [0.1, 0.15) is 30.0 Å². The highest BCUT2D eigenvalue weighted by Crippen LogP contribution is 2.34. The molecule has 1 atom stereocenters. The summed E-state index contributed by atoms with van der Waals surface area (Å²) < 4.78 is 19.2. The molecule has 27 heavy (non-hydrogen) atoms. The molecule has 0 saturated carbocycles. The summed E-state index contributed by atoms with van der Waals surface area (Å²) in [7, 11) is 1.72. The Labute approximate surface area is 159 Å². The highest BCUT2D eigenvalue weighted by Gasteiger charge is 2.25. The Hall–Kier alpha value is -2.66. The SMILES string of the molecule is COc1ccccc1CN1CCC[C@@H](c2[nH]ncc2-c2cccc(F)c2)C1. The van der Waals surface area contributed by atoms with E-state index in [0.29, 0.717) is 5.92 Å². The van der Waals surface area contributed by atoms with Gasteiger partial charge in [0.25, 0.3) is 0 Å². The molecule has 4 rings (SSSR count). The smallest absolute Gasteiger partial charge is 0.123 e.